The van der Waals surface area contributed by atoms with Crippen LogP contribution in [0.15, 0.2) is 36.4 Å². The SMILES string of the molecule is COc1ccc(F)cc1C(CN)Cc1c(F)cccc1Cl. The third-order valence-electron chi connectivity index (χ3n) is 3.43. The minimum absolute atomic E-state index is 0.227. The van der Waals surface area contributed by atoms with Gasteiger partial charge in [0.25, 0.3) is 0 Å². The molecule has 2 N–H and O–H groups in total. The molecule has 112 valence electrons. The summed E-state index contributed by atoms with van der Waals surface area (Å²) in [6.07, 6.45) is 0.280. The van der Waals surface area contributed by atoms with Crippen molar-refractivity contribution < 1.29 is 13.5 Å². The minimum Gasteiger partial charge on any atom is -0.496 e. The van der Waals surface area contributed by atoms with Gasteiger partial charge in [0.05, 0.1) is 7.11 Å². The van der Waals surface area contributed by atoms with Gasteiger partial charge in [0.1, 0.15) is 17.4 Å². The van der Waals surface area contributed by atoms with Crippen molar-refractivity contribution in [2.75, 3.05) is 13.7 Å². The van der Waals surface area contributed by atoms with E-state index in [2.05, 4.69) is 0 Å². The fraction of sp³-hybridized carbons (Fsp3) is 0.250. The van der Waals surface area contributed by atoms with Gasteiger partial charge in [-0.15, -0.1) is 0 Å². The van der Waals surface area contributed by atoms with E-state index in [1.807, 2.05) is 0 Å². The molecule has 2 rings (SSSR count). The molecule has 0 saturated heterocycles. The van der Waals surface area contributed by atoms with Gasteiger partial charge < -0.3 is 10.5 Å². The maximum Gasteiger partial charge on any atom is 0.127 e. The van der Waals surface area contributed by atoms with Gasteiger partial charge >= 0.3 is 0 Å². The van der Waals surface area contributed by atoms with Crippen LogP contribution in [-0.4, -0.2) is 13.7 Å². The van der Waals surface area contributed by atoms with Crippen LogP contribution >= 0.6 is 11.6 Å². The number of benzene rings is 2. The lowest BCUT2D eigenvalue weighted by Crippen LogP contribution is -2.17. The second kappa shape index (κ2) is 6.87. The van der Waals surface area contributed by atoms with Crippen LogP contribution in [0.4, 0.5) is 8.78 Å². The summed E-state index contributed by atoms with van der Waals surface area (Å²) in [5.41, 5.74) is 6.77. The number of methoxy groups -OCH3 is 1. The van der Waals surface area contributed by atoms with Crippen LogP contribution in [0.1, 0.15) is 17.0 Å². The molecule has 1 unspecified atom stereocenters. The lowest BCUT2D eigenvalue weighted by Gasteiger charge is -2.19. The summed E-state index contributed by atoms with van der Waals surface area (Å²) >= 11 is 6.04. The zero-order chi connectivity index (χ0) is 15.4. The Labute approximate surface area is 127 Å². The average Bonchev–Trinajstić information content (AvgIpc) is 2.47. The van der Waals surface area contributed by atoms with Crippen LogP contribution in [0.25, 0.3) is 0 Å². The molecule has 0 radical (unpaired) electrons. The van der Waals surface area contributed by atoms with E-state index >= 15 is 0 Å². The summed E-state index contributed by atoms with van der Waals surface area (Å²) in [4.78, 5) is 0. The Hall–Kier alpha value is -1.65. The van der Waals surface area contributed by atoms with Crippen molar-refractivity contribution in [3.8, 4) is 5.75 Å². The van der Waals surface area contributed by atoms with Gasteiger partial charge in [-0.25, -0.2) is 8.78 Å². The van der Waals surface area contributed by atoms with Crippen LogP contribution in [-0.2, 0) is 6.42 Å². The quantitative estimate of drug-likeness (QED) is 0.908. The van der Waals surface area contributed by atoms with E-state index in [-0.39, 0.29) is 24.7 Å². The number of halogens is 3. The molecule has 0 bridgehead atoms. The molecule has 2 aromatic carbocycles. The van der Waals surface area contributed by atoms with Gasteiger partial charge in [-0.2, -0.15) is 0 Å². The molecule has 2 nitrogen and oxygen atoms in total. The van der Waals surface area contributed by atoms with E-state index in [1.54, 1.807) is 12.1 Å². The number of ether oxygens (including phenoxy) is 1. The fourth-order valence-electron chi connectivity index (χ4n) is 2.32. The van der Waals surface area contributed by atoms with Crippen LogP contribution in [0.3, 0.4) is 0 Å². The highest BCUT2D eigenvalue weighted by Gasteiger charge is 2.19. The first kappa shape index (κ1) is 15.7. The molecule has 2 aromatic rings. The van der Waals surface area contributed by atoms with E-state index in [9.17, 15) is 8.78 Å². The number of nitrogens with two attached hydrogens (primary N) is 1. The molecule has 0 spiro atoms. The number of hydrogen-bond acceptors (Lipinski definition) is 2. The second-order valence-corrected chi connectivity index (χ2v) is 5.13. The molecule has 0 aliphatic heterocycles. The molecule has 21 heavy (non-hydrogen) atoms. The van der Waals surface area contributed by atoms with E-state index in [4.69, 9.17) is 22.1 Å². The predicted molar refractivity (Wildman–Crippen MR) is 79.9 cm³/mol. The monoisotopic (exact) mass is 311 g/mol. The van der Waals surface area contributed by atoms with Crippen molar-refractivity contribution in [3.05, 3.63) is 64.2 Å². The summed E-state index contributed by atoms with van der Waals surface area (Å²) in [7, 11) is 1.50. The van der Waals surface area contributed by atoms with Gasteiger partial charge in [0, 0.05) is 22.1 Å². The molecule has 0 fully saturated rings. The van der Waals surface area contributed by atoms with Crippen LogP contribution in [0.5, 0.6) is 5.75 Å². The predicted octanol–water partition coefficient (Wildman–Crippen LogP) is 3.91. The van der Waals surface area contributed by atoms with Crippen molar-refractivity contribution in [1.29, 1.82) is 0 Å². The van der Waals surface area contributed by atoms with E-state index in [1.165, 1.54) is 31.4 Å². The Morgan fingerprint density at radius 1 is 1.24 bits per heavy atom. The first-order valence-corrected chi connectivity index (χ1v) is 6.91. The van der Waals surface area contributed by atoms with Gasteiger partial charge in [0.2, 0.25) is 0 Å². The standard InChI is InChI=1S/C16H16ClF2NO/c1-21-16-6-5-11(18)8-12(16)10(9-20)7-13-14(17)3-2-4-15(13)19/h2-6,8,10H,7,9,20H2,1H3. The molecular formula is C16H16ClF2NO. The molecule has 5 heteroatoms. The summed E-state index contributed by atoms with van der Waals surface area (Å²) in [5.74, 6) is -0.537. The molecule has 0 aliphatic rings. The Bertz CT molecular complexity index is 613. The summed E-state index contributed by atoms with van der Waals surface area (Å²) in [6, 6.07) is 8.72. The first-order chi connectivity index (χ1) is 10.1. The number of hydrogen-bond donors (Lipinski definition) is 1. The van der Waals surface area contributed by atoms with E-state index < -0.39 is 5.82 Å². The molecular weight excluding hydrogens is 296 g/mol. The van der Waals surface area contributed by atoms with Crippen molar-refractivity contribution in [3.63, 3.8) is 0 Å². The van der Waals surface area contributed by atoms with E-state index in [0.29, 0.717) is 21.9 Å². The van der Waals surface area contributed by atoms with Gasteiger partial charge in [0.15, 0.2) is 0 Å². The Kier molecular flexibility index (Phi) is 5.15. The fourth-order valence-corrected chi connectivity index (χ4v) is 2.56. The normalized spacial score (nSPS) is 12.2. The molecule has 0 heterocycles. The van der Waals surface area contributed by atoms with Gasteiger partial charge in [-0.1, -0.05) is 17.7 Å². The van der Waals surface area contributed by atoms with Crippen LogP contribution in [0, 0.1) is 11.6 Å². The Morgan fingerprint density at radius 3 is 2.62 bits per heavy atom. The lowest BCUT2D eigenvalue weighted by atomic mass is 9.91. The van der Waals surface area contributed by atoms with Gasteiger partial charge in [-0.3, -0.25) is 0 Å². The highest BCUT2D eigenvalue weighted by atomic mass is 35.5. The molecule has 0 aromatic heterocycles. The second-order valence-electron chi connectivity index (χ2n) is 4.72. The van der Waals surface area contributed by atoms with Crippen molar-refractivity contribution in [2.24, 2.45) is 5.73 Å². The van der Waals surface area contributed by atoms with Crippen molar-refractivity contribution in [2.45, 2.75) is 12.3 Å². The molecule has 1 atom stereocenters. The average molecular weight is 312 g/mol. The molecule has 0 aliphatic carbocycles. The summed E-state index contributed by atoms with van der Waals surface area (Å²) in [5, 5.41) is 0.337. The summed E-state index contributed by atoms with van der Waals surface area (Å²) < 4.78 is 32.6. The zero-order valence-electron chi connectivity index (χ0n) is 11.6. The maximum absolute atomic E-state index is 13.9. The molecule has 0 amide bonds. The van der Waals surface area contributed by atoms with E-state index in [0.717, 1.165) is 0 Å². The number of rotatable bonds is 5. The highest BCUT2D eigenvalue weighted by molar-refractivity contribution is 6.31. The largest absolute Gasteiger partial charge is 0.496 e. The third kappa shape index (κ3) is 3.52. The van der Waals surface area contributed by atoms with Crippen molar-refractivity contribution in [1.82, 2.24) is 0 Å². The first-order valence-electron chi connectivity index (χ1n) is 6.53. The Balaban J connectivity index is 2.39. The molecule has 0 saturated carbocycles. The smallest absolute Gasteiger partial charge is 0.127 e. The van der Waals surface area contributed by atoms with Crippen LogP contribution in [0.2, 0.25) is 5.02 Å². The van der Waals surface area contributed by atoms with Crippen molar-refractivity contribution >= 4 is 11.6 Å². The minimum atomic E-state index is -0.392. The third-order valence-corrected chi connectivity index (χ3v) is 3.78. The summed E-state index contributed by atoms with van der Waals surface area (Å²) in [6.45, 7) is 0.227. The van der Waals surface area contributed by atoms with Crippen LogP contribution < -0.4 is 10.5 Å². The highest BCUT2D eigenvalue weighted by Crippen LogP contribution is 2.32. The lowest BCUT2D eigenvalue weighted by molar-refractivity contribution is 0.403. The maximum atomic E-state index is 13.9. The zero-order valence-corrected chi connectivity index (χ0v) is 12.3. The topological polar surface area (TPSA) is 35.2 Å². The Morgan fingerprint density at radius 2 is 2.00 bits per heavy atom. The van der Waals surface area contributed by atoms with Gasteiger partial charge in [-0.05, 0) is 43.3 Å².